The fourth-order valence-electron chi connectivity index (χ4n) is 1.58. The van der Waals surface area contributed by atoms with Crippen LogP contribution < -0.4 is 5.73 Å². The van der Waals surface area contributed by atoms with Crippen LogP contribution in [0.2, 0.25) is 0 Å². The van der Waals surface area contributed by atoms with Gasteiger partial charge in [-0.3, -0.25) is 0 Å². The fourth-order valence-corrected chi connectivity index (χ4v) is 2.03. The third-order valence-corrected chi connectivity index (χ3v) is 3.34. The summed E-state index contributed by atoms with van der Waals surface area (Å²) in [4.78, 5) is 4.35. The third kappa shape index (κ3) is 3.20. The first kappa shape index (κ1) is 14.2. The molecular weight excluding hydrogens is 310 g/mol. The quantitative estimate of drug-likeness (QED) is 0.914. The molecule has 2 N–H and O–H groups in total. The van der Waals surface area contributed by atoms with Crippen LogP contribution >= 0.6 is 15.9 Å². The van der Waals surface area contributed by atoms with E-state index in [2.05, 4.69) is 26.1 Å². The summed E-state index contributed by atoms with van der Waals surface area (Å²) in [5.74, 6) is 0.877. The highest BCUT2D eigenvalue weighted by molar-refractivity contribution is 9.10. The fraction of sp³-hybridized carbons (Fsp3) is 0.385. The lowest BCUT2D eigenvalue weighted by Gasteiger charge is -2.19. The van der Waals surface area contributed by atoms with Crippen LogP contribution in [0.5, 0.6) is 0 Å². The van der Waals surface area contributed by atoms with Crippen molar-refractivity contribution in [1.29, 1.82) is 0 Å². The van der Waals surface area contributed by atoms with E-state index in [4.69, 9.17) is 15.0 Å². The number of hydrogen-bond donors (Lipinski definition) is 1. The molecule has 0 radical (unpaired) electrons. The Hall–Kier alpha value is -1.24. The number of rotatable bonds is 5. The number of benzene rings is 1. The normalized spacial score (nSPS) is 14.3. The van der Waals surface area contributed by atoms with Crippen LogP contribution in [0.4, 0.5) is 0 Å². The van der Waals surface area contributed by atoms with Crippen molar-refractivity contribution in [2.24, 2.45) is 5.73 Å². The number of hydrogen-bond acceptors (Lipinski definition) is 5. The molecular formula is C13H16BrN3O2. The molecule has 0 saturated carbocycles. The van der Waals surface area contributed by atoms with Crippen LogP contribution in [0.3, 0.4) is 0 Å². The van der Waals surface area contributed by atoms with E-state index in [-0.39, 0.29) is 0 Å². The molecule has 5 nitrogen and oxygen atoms in total. The van der Waals surface area contributed by atoms with Crippen molar-refractivity contribution in [2.45, 2.75) is 19.4 Å². The molecule has 1 aromatic carbocycles. The Morgan fingerprint density at radius 1 is 1.42 bits per heavy atom. The number of ether oxygens (including phenoxy) is 1. The molecule has 6 heteroatoms. The highest BCUT2D eigenvalue weighted by Crippen LogP contribution is 2.27. The molecule has 0 bridgehead atoms. The van der Waals surface area contributed by atoms with Gasteiger partial charge in [0.1, 0.15) is 5.54 Å². The van der Waals surface area contributed by atoms with E-state index < -0.39 is 5.54 Å². The number of aromatic nitrogens is 2. The van der Waals surface area contributed by atoms with Crippen molar-refractivity contribution in [3.8, 4) is 11.5 Å². The van der Waals surface area contributed by atoms with E-state index >= 15 is 0 Å². The maximum absolute atomic E-state index is 6.13. The molecule has 0 aliphatic heterocycles. The van der Waals surface area contributed by atoms with E-state index in [1.165, 1.54) is 0 Å². The summed E-state index contributed by atoms with van der Waals surface area (Å²) in [6, 6.07) is 7.65. The second-order valence-corrected chi connectivity index (χ2v) is 5.31. The van der Waals surface area contributed by atoms with E-state index in [1.807, 2.05) is 38.1 Å². The molecule has 0 saturated heterocycles. The predicted octanol–water partition coefficient (Wildman–Crippen LogP) is 2.71. The molecule has 0 spiro atoms. The van der Waals surface area contributed by atoms with Crippen LogP contribution in [-0.4, -0.2) is 23.4 Å². The van der Waals surface area contributed by atoms with Crippen molar-refractivity contribution in [3.63, 3.8) is 0 Å². The Labute approximate surface area is 120 Å². The van der Waals surface area contributed by atoms with Gasteiger partial charge < -0.3 is 15.0 Å². The molecule has 2 aromatic rings. The standard InChI is InChI=1S/C13H16BrN3O2/c1-3-18-8-13(2,15)12-16-11(19-17-12)9-6-4-5-7-10(9)14/h4-7H,3,8,15H2,1-2H3. The van der Waals surface area contributed by atoms with Crippen molar-refractivity contribution >= 4 is 15.9 Å². The molecule has 0 amide bonds. The van der Waals surface area contributed by atoms with Gasteiger partial charge in [-0.25, -0.2) is 0 Å². The lowest BCUT2D eigenvalue weighted by molar-refractivity contribution is 0.0962. The lowest BCUT2D eigenvalue weighted by atomic mass is 10.1. The van der Waals surface area contributed by atoms with Crippen molar-refractivity contribution < 1.29 is 9.26 Å². The first-order valence-corrected chi connectivity index (χ1v) is 6.79. The van der Waals surface area contributed by atoms with Gasteiger partial charge in [0.15, 0.2) is 5.82 Å². The second kappa shape index (κ2) is 5.81. The van der Waals surface area contributed by atoms with Gasteiger partial charge in [0.05, 0.1) is 12.2 Å². The number of nitrogens with zero attached hydrogens (tertiary/aromatic N) is 2. The molecule has 0 aliphatic rings. The van der Waals surface area contributed by atoms with Gasteiger partial charge in [-0.15, -0.1) is 0 Å². The molecule has 0 aliphatic carbocycles. The average Bonchev–Trinajstić information content (AvgIpc) is 2.87. The van der Waals surface area contributed by atoms with Crippen LogP contribution in [0.1, 0.15) is 19.7 Å². The zero-order valence-corrected chi connectivity index (χ0v) is 12.5. The van der Waals surface area contributed by atoms with E-state index in [9.17, 15) is 0 Å². The zero-order chi connectivity index (χ0) is 13.9. The minimum atomic E-state index is -0.765. The Balaban J connectivity index is 2.27. The SMILES string of the molecule is CCOCC(C)(N)c1noc(-c2ccccc2Br)n1. The highest BCUT2D eigenvalue weighted by atomic mass is 79.9. The Morgan fingerprint density at radius 2 is 2.16 bits per heavy atom. The minimum Gasteiger partial charge on any atom is -0.379 e. The van der Waals surface area contributed by atoms with Crippen LogP contribution in [0.25, 0.3) is 11.5 Å². The van der Waals surface area contributed by atoms with E-state index in [0.717, 1.165) is 10.0 Å². The summed E-state index contributed by atoms with van der Waals surface area (Å²) in [5.41, 5.74) is 6.21. The minimum absolute atomic E-state index is 0.346. The molecule has 19 heavy (non-hydrogen) atoms. The molecule has 2 rings (SSSR count). The third-order valence-electron chi connectivity index (χ3n) is 2.65. The van der Waals surface area contributed by atoms with Gasteiger partial charge in [0.2, 0.25) is 0 Å². The topological polar surface area (TPSA) is 74.2 Å². The van der Waals surface area contributed by atoms with Gasteiger partial charge >= 0.3 is 0 Å². The first-order valence-electron chi connectivity index (χ1n) is 6.00. The van der Waals surface area contributed by atoms with Gasteiger partial charge in [-0.2, -0.15) is 4.98 Å². The summed E-state index contributed by atoms with van der Waals surface area (Å²) in [5, 5.41) is 3.95. The molecule has 1 unspecified atom stereocenters. The zero-order valence-electron chi connectivity index (χ0n) is 10.9. The Morgan fingerprint density at radius 3 is 2.84 bits per heavy atom. The van der Waals surface area contributed by atoms with Gasteiger partial charge in [0.25, 0.3) is 5.89 Å². The lowest BCUT2D eigenvalue weighted by Crippen LogP contribution is -2.39. The Bertz CT molecular complexity index is 554. The van der Waals surface area contributed by atoms with Crippen molar-refractivity contribution in [2.75, 3.05) is 13.2 Å². The summed E-state index contributed by atoms with van der Waals surface area (Å²) in [7, 11) is 0. The van der Waals surface area contributed by atoms with Crippen molar-refractivity contribution in [3.05, 3.63) is 34.6 Å². The highest BCUT2D eigenvalue weighted by Gasteiger charge is 2.28. The average molecular weight is 326 g/mol. The van der Waals surface area contributed by atoms with Crippen molar-refractivity contribution in [1.82, 2.24) is 10.1 Å². The van der Waals surface area contributed by atoms with Gasteiger partial charge in [0, 0.05) is 11.1 Å². The van der Waals surface area contributed by atoms with Crippen LogP contribution in [0, 0.1) is 0 Å². The van der Waals surface area contributed by atoms with E-state index in [1.54, 1.807) is 0 Å². The summed E-state index contributed by atoms with van der Waals surface area (Å²) in [6.07, 6.45) is 0. The summed E-state index contributed by atoms with van der Waals surface area (Å²) in [6.45, 7) is 4.68. The second-order valence-electron chi connectivity index (χ2n) is 4.46. The van der Waals surface area contributed by atoms with Gasteiger partial charge in [-0.05, 0) is 41.9 Å². The molecule has 1 heterocycles. The maximum atomic E-state index is 6.13. The predicted molar refractivity (Wildman–Crippen MR) is 75.5 cm³/mol. The molecule has 1 aromatic heterocycles. The van der Waals surface area contributed by atoms with Crippen LogP contribution in [0.15, 0.2) is 33.3 Å². The summed E-state index contributed by atoms with van der Waals surface area (Å²) >= 11 is 3.45. The smallest absolute Gasteiger partial charge is 0.259 e. The van der Waals surface area contributed by atoms with E-state index in [0.29, 0.717) is 24.9 Å². The number of halogens is 1. The monoisotopic (exact) mass is 325 g/mol. The molecule has 102 valence electrons. The largest absolute Gasteiger partial charge is 0.379 e. The number of nitrogens with two attached hydrogens (primary N) is 1. The Kier molecular flexibility index (Phi) is 4.34. The summed E-state index contributed by atoms with van der Waals surface area (Å²) < 4.78 is 11.5. The first-order chi connectivity index (χ1) is 9.04. The molecule has 1 atom stereocenters. The van der Waals surface area contributed by atoms with Crippen LogP contribution in [-0.2, 0) is 10.3 Å². The van der Waals surface area contributed by atoms with Gasteiger partial charge in [-0.1, -0.05) is 17.3 Å². The maximum Gasteiger partial charge on any atom is 0.259 e. The molecule has 0 fully saturated rings.